The summed E-state index contributed by atoms with van der Waals surface area (Å²) in [5.74, 6) is 0. The topological polar surface area (TPSA) is 59.1 Å². The third-order valence-corrected chi connectivity index (χ3v) is 4.00. The highest BCUT2D eigenvalue weighted by molar-refractivity contribution is 8.14. The second-order valence-corrected chi connectivity index (χ2v) is 5.32. The fourth-order valence-corrected chi connectivity index (χ4v) is 3.14. The second kappa shape index (κ2) is 3.50. The minimum absolute atomic E-state index is 0.186. The molecule has 0 bridgehead atoms. The Labute approximate surface area is 82.9 Å². The van der Waals surface area contributed by atoms with Crippen molar-refractivity contribution in [3.05, 3.63) is 0 Å². The minimum atomic E-state index is 0.186. The maximum absolute atomic E-state index is 7.24. The highest BCUT2D eigenvalue weighted by atomic mass is 32.2. The largest absolute Gasteiger partial charge is 0.379 e. The zero-order valence-electron chi connectivity index (χ0n) is 7.71. The summed E-state index contributed by atoms with van der Waals surface area (Å²) in [6, 6.07) is 0. The predicted octanol–water partition coefficient (Wildman–Crippen LogP) is 1.71. The molecule has 0 aromatic heterocycles. The van der Waals surface area contributed by atoms with E-state index in [-0.39, 0.29) is 10.8 Å². The van der Waals surface area contributed by atoms with Gasteiger partial charge in [0.25, 0.3) is 0 Å². The van der Waals surface area contributed by atoms with E-state index < -0.39 is 0 Å². The summed E-state index contributed by atoms with van der Waals surface area (Å²) in [7, 11) is 0. The van der Waals surface area contributed by atoms with Crippen LogP contribution in [0, 0.1) is 5.41 Å². The lowest BCUT2D eigenvalue weighted by Gasteiger charge is -2.46. The van der Waals surface area contributed by atoms with Gasteiger partial charge in [0.05, 0.1) is 5.60 Å². The van der Waals surface area contributed by atoms with Gasteiger partial charge in [-0.15, -0.1) is 0 Å². The number of hydrogen-bond acceptors (Lipinski definition) is 3. The Hall–Kier alpha value is -0.220. The van der Waals surface area contributed by atoms with Crippen LogP contribution in [0.25, 0.3) is 0 Å². The molecule has 4 heteroatoms. The Kier molecular flexibility index (Phi) is 2.51. The smallest absolute Gasteiger partial charge is 0.151 e. The van der Waals surface area contributed by atoms with Crippen LogP contribution in [0.4, 0.5) is 0 Å². The molecule has 3 nitrogen and oxygen atoms in total. The van der Waals surface area contributed by atoms with Crippen LogP contribution in [0.15, 0.2) is 0 Å². The first-order valence-corrected chi connectivity index (χ1v) is 5.73. The monoisotopic (exact) mass is 200 g/mol. The van der Waals surface area contributed by atoms with Crippen molar-refractivity contribution in [3.8, 4) is 0 Å². The normalized spacial score (nSPS) is 31.2. The van der Waals surface area contributed by atoms with E-state index in [0.717, 1.165) is 19.4 Å². The summed E-state index contributed by atoms with van der Waals surface area (Å²) >= 11 is 1.51. The van der Waals surface area contributed by atoms with Gasteiger partial charge >= 0.3 is 0 Å². The quantitative estimate of drug-likeness (QED) is 0.500. The average molecular weight is 200 g/mol. The van der Waals surface area contributed by atoms with Gasteiger partial charge < -0.3 is 10.5 Å². The molecular weight excluding hydrogens is 184 g/mol. The Morgan fingerprint density at radius 3 is 2.85 bits per heavy atom. The summed E-state index contributed by atoms with van der Waals surface area (Å²) in [6.45, 7) is 0.852. The van der Waals surface area contributed by atoms with Gasteiger partial charge in [0.1, 0.15) is 0 Å². The van der Waals surface area contributed by atoms with Gasteiger partial charge in [-0.1, -0.05) is 11.8 Å². The third-order valence-electron chi connectivity index (χ3n) is 3.01. The third kappa shape index (κ3) is 1.99. The SMILES string of the molecule is N=C(N)SC1CCOC2(CCC2)C1. The van der Waals surface area contributed by atoms with E-state index in [0.29, 0.717) is 5.25 Å². The predicted molar refractivity (Wildman–Crippen MR) is 55.1 cm³/mol. The number of amidine groups is 1. The zero-order valence-corrected chi connectivity index (χ0v) is 8.53. The van der Waals surface area contributed by atoms with E-state index in [1.807, 2.05) is 0 Å². The molecule has 1 spiro atoms. The van der Waals surface area contributed by atoms with Gasteiger partial charge in [0, 0.05) is 11.9 Å². The molecular formula is C9H16N2OS. The summed E-state index contributed by atoms with van der Waals surface area (Å²) in [5.41, 5.74) is 5.56. The molecule has 0 amide bonds. The molecule has 1 aliphatic heterocycles. The molecule has 2 aliphatic rings. The van der Waals surface area contributed by atoms with E-state index >= 15 is 0 Å². The van der Waals surface area contributed by atoms with Crippen LogP contribution < -0.4 is 5.73 Å². The van der Waals surface area contributed by atoms with Gasteiger partial charge in [-0.2, -0.15) is 0 Å². The minimum Gasteiger partial charge on any atom is -0.379 e. The molecule has 2 rings (SSSR count). The van der Waals surface area contributed by atoms with Gasteiger partial charge in [-0.25, -0.2) is 0 Å². The molecule has 0 aromatic carbocycles. The molecule has 3 N–H and O–H groups in total. The molecule has 1 saturated carbocycles. The molecule has 1 heterocycles. The van der Waals surface area contributed by atoms with Crippen molar-refractivity contribution >= 4 is 16.9 Å². The Bertz CT molecular complexity index is 216. The Morgan fingerprint density at radius 2 is 2.31 bits per heavy atom. The van der Waals surface area contributed by atoms with Crippen molar-refractivity contribution < 1.29 is 4.74 Å². The van der Waals surface area contributed by atoms with Crippen LogP contribution in [0.2, 0.25) is 0 Å². The van der Waals surface area contributed by atoms with Crippen molar-refractivity contribution in [2.24, 2.45) is 5.73 Å². The highest BCUT2D eigenvalue weighted by Gasteiger charge is 2.42. The van der Waals surface area contributed by atoms with E-state index in [1.165, 1.54) is 31.0 Å². The van der Waals surface area contributed by atoms with E-state index in [4.69, 9.17) is 15.9 Å². The van der Waals surface area contributed by atoms with Gasteiger partial charge in [-0.05, 0) is 32.1 Å². The number of hydrogen-bond donors (Lipinski definition) is 2. The Balaban J connectivity index is 1.88. The van der Waals surface area contributed by atoms with Gasteiger partial charge in [0.2, 0.25) is 0 Å². The maximum atomic E-state index is 7.24. The number of nitrogens with one attached hydrogen (secondary N) is 1. The van der Waals surface area contributed by atoms with Crippen molar-refractivity contribution in [3.63, 3.8) is 0 Å². The van der Waals surface area contributed by atoms with Crippen molar-refractivity contribution in [1.29, 1.82) is 5.41 Å². The first kappa shape index (κ1) is 9.34. The molecule has 13 heavy (non-hydrogen) atoms. The summed E-state index contributed by atoms with van der Waals surface area (Å²) in [5, 5.41) is 8.01. The van der Waals surface area contributed by atoms with E-state index in [2.05, 4.69) is 0 Å². The molecule has 1 unspecified atom stereocenters. The standard InChI is InChI=1S/C9H16N2OS/c10-8(11)13-7-2-5-12-9(6-7)3-1-4-9/h7H,1-6H2,(H3,10,11). The second-order valence-electron chi connectivity index (χ2n) is 3.98. The van der Waals surface area contributed by atoms with Crippen molar-refractivity contribution in [2.75, 3.05) is 6.61 Å². The van der Waals surface area contributed by atoms with Crippen LogP contribution >= 0.6 is 11.8 Å². The molecule has 1 aliphatic carbocycles. The molecule has 1 saturated heterocycles. The lowest BCUT2D eigenvalue weighted by Crippen LogP contribution is -2.46. The summed E-state index contributed by atoms with van der Waals surface area (Å²) < 4.78 is 5.79. The number of ether oxygens (including phenoxy) is 1. The summed E-state index contributed by atoms with van der Waals surface area (Å²) in [6.07, 6.45) is 5.87. The van der Waals surface area contributed by atoms with Crippen LogP contribution in [0.3, 0.4) is 0 Å². The van der Waals surface area contributed by atoms with E-state index in [9.17, 15) is 0 Å². The van der Waals surface area contributed by atoms with Gasteiger partial charge in [-0.3, -0.25) is 5.41 Å². The average Bonchev–Trinajstić information content (AvgIpc) is 2.01. The lowest BCUT2D eigenvalue weighted by molar-refractivity contribution is -0.124. The molecule has 1 atom stereocenters. The maximum Gasteiger partial charge on any atom is 0.151 e. The van der Waals surface area contributed by atoms with Crippen molar-refractivity contribution in [2.45, 2.75) is 43.0 Å². The first-order chi connectivity index (χ1) is 6.20. The number of thioether (sulfide) groups is 1. The van der Waals surface area contributed by atoms with Crippen LogP contribution in [0.5, 0.6) is 0 Å². The van der Waals surface area contributed by atoms with Crippen LogP contribution in [-0.2, 0) is 4.74 Å². The van der Waals surface area contributed by atoms with Crippen molar-refractivity contribution in [1.82, 2.24) is 0 Å². The lowest BCUT2D eigenvalue weighted by atomic mass is 9.75. The molecule has 0 radical (unpaired) electrons. The molecule has 2 fully saturated rings. The van der Waals surface area contributed by atoms with E-state index in [1.54, 1.807) is 0 Å². The fraction of sp³-hybridized carbons (Fsp3) is 0.889. The highest BCUT2D eigenvalue weighted by Crippen LogP contribution is 2.44. The summed E-state index contributed by atoms with van der Waals surface area (Å²) in [4.78, 5) is 0. The van der Waals surface area contributed by atoms with Crippen LogP contribution in [-0.4, -0.2) is 22.6 Å². The number of rotatable bonds is 1. The van der Waals surface area contributed by atoms with Gasteiger partial charge in [0.15, 0.2) is 5.17 Å². The molecule has 0 aromatic rings. The first-order valence-electron chi connectivity index (χ1n) is 4.85. The molecule has 74 valence electrons. The van der Waals surface area contributed by atoms with Crippen LogP contribution in [0.1, 0.15) is 32.1 Å². The zero-order chi connectivity index (χ0) is 9.31. The Morgan fingerprint density at radius 1 is 1.54 bits per heavy atom. The fourth-order valence-electron chi connectivity index (χ4n) is 2.18. The number of nitrogens with two attached hydrogens (primary N) is 1.